The fourth-order valence-corrected chi connectivity index (χ4v) is 10.9. The minimum atomic E-state index is -0.835. The van der Waals surface area contributed by atoms with Gasteiger partial charge in [0.2, 0.25) is 11.8 Å². The van der Waals surface area contributed by atoms with Gasteiger partial charge in [0.1, 0.15) is 23.1 Å². The van der Waals surface area contributed by atoms with Gasteiger partial charge < -0.3 is 25.1 Å². The van der Waals surface area contributed by atoms with E-state index in [4.69, 9.17) is 10.1 Å². The van der Waals surface area contributed by atoms with Crippen LogP contribution in [0.15, 0.2) is 90.6 Å². The Morgan fingerprint density at radius 3 is 2.46 bits per heavy atom. The van der Waals surface area contributed by atoms with Gasteiger partial charge in [-0.05, 0) is 84.7 Å². The predicted octanol–water partition coefficient (Wildman–Crippen LogP) is 6.73. The molecule has 6 aromatic rings. The Morgan fingerprint density at radius 2 is 1.71 bits per heavy atom. The first kappa shape index (κ1) is 48.6. The van der Waals surface area contributed by atoms with Gasteiger partial charge in [-0.2, -0.15) is 0 Å². The standard InChI is InChI=1S/C53H61FN10O5S/c1-34-51(70-33-57-34)36-16-13-35(14-17-36)15-18-46(67)44-28-40(66)31-63(44)52(69)41(53(2,3)4)27-39(65)29-56-50(68)32-60-22-24-61(25-23-60)48-12-6-10-42(58-48)45-30-55-47-19-20-49(59-64(45)47)62-21-7-11-43(62)37-8-5-9-38(54)26-37/h5-6,8-10,12-14,16-17,19-20,26,30,33,40-41,43-44,66H,7,11,15,18,21-25,27-29,31-32H2,1-4H3,(H,56,68)/t40-,41-,43-,44+/m1/s1. The number of aryl methyl sites for hydroxylation is 2. The van der Waals surface area contributed by atoms with E-state index < -0.39 is 23.5 Å². The number of pyridine rings is 1. The number of nitrogens with one attached hydrogen (secondary N) is 1. The van der Waals surface area contributed by atoms with Gasteiger partial charge in [0.05, 0.1) is 59.2 Å². The molecule has 2 aromatic carbocycles. The van der Waals surface area contributed by atoms with Gasteiger partial charge in [-0.15, -0.1) is 16.4 Å². The lowest BCUT2D eigenvalue weighted by atomic mass is 9.76. The van der Waals surface area contributed by atoms with Crippen molar-refractivity contribution in [3.8, 4) is 21.8 Å². The van der Waals surface area contributed by atoms with Crippen LogP contribution < -0.4 is 15.1 Å². The van der Waals surface area contributed by atoms with Gasteiger partial charge in [-0.1, -0.05) is 63.2 Å². The maximum Gasteiger partial charge on any atom is 0.234 e. The molecule has 0 unspecified atom stereocenters. The number of ketones is 2. The van der Waals surface area contributed by atoms with Crippen LogP contribution in [0.3, 0.4) is 0 Å². The molecule has 3 aliphatic heterocycles. The Morgan fingerprint density at radius 1 is 0.929 bits per heavy atom. The number of halogens is 1. The number of Topliss-reactive ketones (excluding diaryl/α,β-unsaturated/α-hetero) is 2. The normalized spacial score (nSPS) is 19.2. The fraction of sp³-hybridized carbons (Fsp3) is 0.434. The molecule has 0 aliphatic carbocycles. The lowest BCUT2D eigenvalue weighted by molar-refractivity contribution is -0.145. The number of benzene rings is 2. The van der Waals surface area contributed by atoms with Gasteiger partial charge in [-0.25, -0.2) is 23.9 Å². The van der Waals surface area contributed by atoms with Crippen LogP contribution in [0.1, 0.15) is 75.7 Å². The molecular formula is C53H61FN10O5S. The van der Waals surface area contributed by atoms with E-state index in [2.05, 4.69) is 25.1 Å². The highest BCUT2D eigenvalue weighted by Crippen LogP contribution is 2.37. The number of β-amino-alcohol motifs (C(OH)–C–C–N with tert-alkyl or cyclic N) is 1. The fourth-order valence-electron chi connectivity index (χ4n) is 10.1. The molecule has 9 rings (SSSR count). The summed E-state index contributed by atoms with van der Waals surface area (Å²) in [6.45, 7) is 10.9. The zero-order chi connectivity index (χ0) is 49.1. The van der Waals surface area contributed by atoms with E-state index >= 15 is 0 Å². The second-order valence-corrected chi connectivity index (χ2v) is 20.8. The Bertz CT molecular complexity index is 2850. The number of thiazole rings is 1. The van der Waals surface area contributed by atoms with Crippen molar-refractivity contribution in [3.63, 3.8) is 0 Å². The van der Waals surface area contributed by atoms with Crippen molar-refractivity contribution in [2.45, 2.75) is 84.4 Å². The van der Waals surface area contributed by atoms with Crippen molar-refractivity contribution < 1.29 is 28.7 Å². The second-order valence-electron chi connectivity index (χ2n) is 19.9. The number of carbonyl (C=O) groups excluding carboxylic acids is 4. The Labute approximate surface area is 411 Å². The quantitative estimate of drug-likeness (QED) is 0.105. The van der Waals surface area contributed by atoms with Crippen molar-refractivity contribution in [1.82, 2.24) is 39.7 Å². The summed E-state index contributed by atoms with van der Waals surface area (Å²) in [6, 6.07) is 23.9. The van der Waals surface area contributed by atoms with Crippen LogP contribution in [0, 0.1) is 24.1 Å². The van der Waals surface area contributed by atoms with Crippen molar-refractivity contribution in [2.75, 3.05) is 62.2 Å². The van der Waals surface area contributed by atoms with Gasteiger partial charge >= 0.3 is 0 Å². The molecule has 2 N–H and O–H groups in total. The average molecular weight is 969 g/mol. The number of rotatable bonds is 16. The molecule has 70 heavy (non-hydrogen) atoms. The first-order valence-electron chi connectivity index (χ1n) is 24.3. The van der Waals surface area contributed by atoms with Crippen LogP contribution in [0.2, 0.25) is 0 Å². The minimum absolute atomic E-state index is 0.0295. The molecule has 3 saturated heterocycles. The number of aliphatic hydroxyl groups excluding tert-OH is 1. The third-order valence-electron chi connectivity index (χ3n) is 14.0. The van der Waals surface area contributed by atoms with Gasteiger partial charge in [0.15, 0.2) is 17.2 Å². The van der Waals surface area contributed by atoms with E-state index in [1.807, 2.05) is 103 Å². The van der Waals surface area contributed by atoms with Crippen LogP contribution in [0.25, 0.3) is 27.5 Å². The Kier molecular flexibility index (Phi) is 14.5. The largest absolute Gasteiger partial charge is 0.391 e. The van der Waals surface area contributed by atoms with Crippen molar-refractivity contribution >= 4 is 52.0 Å². The molecule has 4 aromatic heterocycles. The number of anilines is 2. The number of imidazole rings is 1. The van der Waals surface area contributed by atoms with E-state index in [9.17, 15) is 28.7 Å². The van der Waals surface area contributed by atoms with Crippen LogP contribution in [0.5, 0.6) is 0 Å². The molecule has 0 saturated carbocycles. The summed E-state index contributed by atoms with van der Waals surface area (Å²) in [5, 5.41) is 18.5. The van der Waals surface area contributed by atoms with Crippen LogP contribution in [0.4, 0.5) is 16.0 Å². The lowest BCUT2D eigenvalue weighted by Crippen LogP contribution is -2.50. The molecule has 2 amide bonds. The number of aliphatic hydroxyl groups is 1. The first-order chi connectivity index (χ1) is 33.7. The molecule has 366 valence electrons. The first-order valence-corrected chi connectivity index (χ1v) is 25.2. The molecule has 4 atom stereocenters. The van der Waals surface area contributed by atoms with E-state index in [-0.39, 0.29) is 74.1 Å². The number of nitrogens with zero attached hydrogens (tertiary/aromatic N) is 9. The number of carbonyl (C=O) groups is 4. The Balaban J connectivity index is 0.752. The molecule has 0 bridgehead atoms. The Hall–Kier alpha value is -6.43. The number of amides is 2. The van der Waals surface area contributed by atoms with Crippen LogP contribution in [-0.4, -0.2) is 127 Å². The number of likely N-dealkylation sites (tertiary alicyclic amines) is 1. The number of hydrogen-bond donors (Lipinski definition) is 2. The van der Waals surface area contributed by atoms with Gasteiger partial charge in [0, 0.05) is 64.4 Å². The zero-order valence-corrected chi connectivity index (χ0v) is 41.1. The highest BCUT2D eigenvalue weighted by atomic mass is 32.1. The highest BCUT2D eigenvalue weighted by molar-refractivity contribution is 7.13. The minimum Gasteiger partial charge on any atom is -0.391 e. The zero-order valence-electron chi connectivity index (χ0n) is 40.3. The topological polar surface area (TPSA) is 169 Å². The van der Waals surface area contributed by atoms with E-state index in [1.165, 1.54) is 11.0 Å². The summed E-state index contributed by atoms with van der Waals surface area (Å²) in [6.07, 6.45) is 3.62. The highest BCUT2D eigenvalue weighted by Gasteiger charge is 2.44. The monoisotopic (exact) mass is 968 g/mol. The predicted molar refractivity (Wildman–Crippen MR) is 268 cm³/mol. The molecule has 17 heteroatoms. The second kappa shape index (κ2) is 20.9. The van der Waals surface area contributed by atoms with Gasteiger partial charge in [0.25, 0.3) is 0 Å². The summed E-state index contributed by atoms with van der Waals surface area (Å²) in [4.78, 5) is 77.5. The molecule has 15 nitrogen and oxygen atoms in total. The summed E-state index contributed by atoms with van der Waals surface area (Å²) >= 11 is 1.59. The molecule has 0 spiro atoms. The summed E-state index contributed by atoms with van der Waals surface area (Å²) < 4.78 is 16.0. The molecular weight excluding hydrogens is 908 g/mol. The van der Waals surface area contributed by atoms with Gasteiger partial charge in [-0.3, -0.25) is 24.1 Å². The lowest BCUT2D eigenvalue weighted by Gasteiger charge is -2.35. The van der Waals surface area contributed by atoms with Crippen molar-refractivity contribution in [1.29, 1.82) is 0 Å². The molecule has 3 aliphatic rings. The van der Waals surface area contributed by atoms with E-state index in [0.717, 1.165) is 69.7 Å². The van der Waals surface area contributed by atoms with E-state index in [1.54, 1.807) is 29.7 Å². The van der Waals surface area contributed by atoms with Crippen molar-refractivity contribution in [2.24, 2.45) is 11.3 Å². The number of piperazine rings is 1. The number of hydrogen-bond acceptors (Lipinski definition) is 13. The number of aromatic nitrogens is 5. The third kappa shape index (κ3) is 11.0. The SMILES string of the molecule is Cc1ncsc1-c1ccc(CCC(=O)[C@@H]2C[C@@H](O)CN2C(=O)[C@@H](CC(=O)CNC(=O)CN2CCN(c3cccc(-c4cnc5ccc(N6CCC[C@@H]6c6cccc(F)c6)nn45)n3)CC2)C(C)(C)C)cc1. The molecule has 3 fully saturated rings. The van der Waals surface area contributed by atoms with E-state index in [0.29, 0.717) is 38.2 Å². The maximum absolute atomic E-state index is 14.2. The smallest absolute Gasteiger partial charge is 0.234 e. The summed E-state index contributed by atoms with van der Waals surface area (Å²) in [5.74, 6) is -0.412. The molecule has 7 heterocycles. The third-order valence-corrected chi connectivity index (χ3v) is 15.0. The summed E-state index contributed by atoms with van der Waals surface area (Å²) in [7, 11) is 0. The van der Waals surface area contributed by atoms with Crippen LogP contribution >= 0.6 is 11.3 Å². The summed E-state index contributed by atoms with van der Waals surface area (Å²) in [5.41, 5.74) is 7.36. The average Bonchev–Trinajstić information content (AvgIpc) is 4.19. The van der Waals surface area contributed by atoms with Crippen molar-refractivity contribution in [3.05, 3.63) is 113 Å². The number of fused-ring (bicyclic) bond motifs is 1. The maximum atomic E-state index is 14.2. The van der Waals surface area contributed by atoms with Crippen LogP contribution in [-0.2, 0) is 25.6 Å². The molecule has 0 radical (unpaired) electrons.